The van der Waals surface area contributed by atoms with Gasteiger partial charge in [0.05, 0.1) is 11.8 Å². The molecule has 0 aliphatic carbocycles. The van der Waals surface area contributed by atoms with Crippen LogP contribution in [-0.4, -0.2) is 12.2 Å². The van der Waals surface area contributed by atoms with Gasteiger partial charge in [0.15, 0.2) is 0 Å². The molecule has 0 saturated carbocycles. The summed E-state index contributed by atoms with van der Waals surface area (Å²) in [6, 6.07) is 2.04. The van der Waals surface area contributed by atoms with Crippen LogP contribution in [-0.2, 0) is 6.18 Å². The molecule has 0 amide bonds. The van der Waals surface area contributed by atoms with Crippen molar-refractivity contribution in [1.82, 2.24) is 5.43 Å². The Labute approximate surface area is 93.6 Å². The third-order valence-corrected chi connectivity index (χ3v) is 1.72. The standard InChI is InChI=1S/C9H8F4N4/c10-7-3-6(9(11,12)13)2-1-5(7)4-16-17-8(14)15/h1-4H,(H4,14,15,17). The lowest BCUT2D eigenvalue weighted by Gasteiger charge is -2.07. The van der Waals surface area contributed by atoms with Crippen molar-refractivity contribution in [2.45, 2.75) is 6.18 Å². The molecule has 4 nitrogen and oxygen atoms in total. The summed E-state index contributed by atoms with van der Waals surface area (Å²) in [5.74, 6) is -1.53. The maximum Gasteiger partial charge on any atom is 0.416 e. The lowest BCUT2D eigenvalue weighted by atomic mass is 10.1. The predicted octanol–water partition coefficient (Wildman–Crippen LogP) is 1.66. The molecule has 17 heavy (non-hydrogen) atoms. The van der Waals surface area contributed by atoms with E-state index in [-0.39, 0.29) is 5.56 Å². The number of guanidine groups is 1. The highest BCUT2D eigenvalue weighted by atomic mass is 19.4. The maximum atomic E-state index is 13.2. The van der Waals surface area contributed by atoms with E-state index in [4.69, 9.17) is 11.1 Å². The summed E-state index contributed by atoms with van der Waals surface area (Å²) in [6.45, 7) is 0. The fraction of sp³-hybridized carbons (Fsp3) is 0.111. The van der Waals surface area contributed by atoms with Crippen molar-refractivity contribution >= 4 is 12.2 Å². The fourth-order valence-corrected chi connectivity index (χ4v) is 0.980. The Morgan fingerprint density at radius 3 is 2.53 bits per heavy atom. The van der Waals surface area contributed by atoms with Crippen molar-refractivity contribution in [2.24, 2.45) is 10.8 Å². The van der Waals surface area contributed by atoms with Gasteiger partial charge in [-0.15, -0.1) is 0 Å². The van der Waals surface area contributed by atoms with Gasteiger partial charge in [0.1, 0.15) is 5.82 Å². The minimum atomic E-state index is -4.59. The number of hydrazone groups is 1. The van der Waals surface area contributed by atoms with Crippen molar-refractivity contribution in [3.63, 3.8) is 0 Å². The quantitative estimate of drug-likeness (QED) is 0.322. The molecule has 0 spiro atoms. The number of rotatable bonds is 2. The lowest BCUT2D eigenvalue weighted by molar-refractivity contribution is -0.137. The number of benzene rings is 1. The smallest absolute Gasteiger partial charge is 0.369 e. The molecule has 0 heterocycles. The molecular formula is C9H8F4N4. The van der Waals surface area contributed by atoms with Crippen LogP contribution >= 0.6 is 0 Å². The molecule has 0 atom stereocenters. The molecule has 92 valence electrons. The van der Waals surface area contributed by atoms with Crippen molar-refractivity contribution in [1.29, 1.82) is 5.41 Å². The number of halogens is 4. The van der Waals surface area contributed by atoms with E-state index in [1.165, 1.54) is 0 Å². The molecule has 1 rings (SSSR count). The van der Waals surface area contributed by atoms with Gasteiger partial charge in [0.2, 0.25) is 5.96 Å². The largest absolute Gasteiger partial charge is 0.416 e. The first-order valence-electron chi connectivity index (χ1n) is 4.30. The van der Waals surface area contributed by atoms with Crippen molar-refractivity contribution in [3.05, 3.63) is 35.1 Å². The Bertz CT molecular complexity index is 453. The first kappa shape index (κ1) is 12.9. The van der Waals surface area contributed by atoms with Crippen LogP contribution in [0.5, 0.6) is 0 Å². The molecule has 8 heteroatoms. The van der Waals surface area contributed by atoms with Crippen LogP contribution in [0.15, 0.2) is 23.3 Å². The van der Waals surface area contributed by atoms with Gasteiger partial charge in [-0.1, -0.05) is 0 Å². The minimum Gasteiger partial charge on any atom is -0.369 e. The summed E-state index contributed by atoms with van der Waals surface area (Å²) in [7, 11) is 0. The average Bonchev–Trinajstić information content (AvgIpc) is 2.18. The van der Waals surface area contributed by atoms with E-state index in [1.54, 1.807) is 0 Å². The van der Waals surface area contributed by atoms with Crippen LogP contribution in [0, 0.1) is 11.2 Å². The Kier molecular flexibility index (Phi) is 3.66. The van der Waals surface area contributed by atoms with Gasteiger partial charge in [-0.25, -0.2) is 9.82 Å². The normalized spacial score (nSPS) is 11.8. The monoisotopic (exact) mass is 248 g/mol. The van der Waals surface area contributed by atoms with Gasteiger partial charge < -0.3 is 5.73 Å². The molecule has 0 saturated heterocycles. The highest BCUT2D eigenvalue weighted by Crippen LogP contribution is 2.29. The van der Waals surface area contributed by atoms with E-state index >= 15 is 0 Å². The first-order chi connectivity index (χ1) is 7.80. The molecule has 0 fully saturated rings. The van der Waals surface area contributed by atoms with Gasteiger partial charge in [-0.3, -0.25) is 5.41 Å². The van der Waals surface area contributed by atoms with Crippen LogP contribution < -0.4 is 11.2 Å². The van der Waals surface area contributed by atoms with Crippen molar-refractivity contribution in [3.8, 4) is 0 Å². The highest BCUT2D eigenvalue weighted by Gasteiger charge is 2.30. The minimum absolute atomic E-state index is 0.147. The van der Waals surface area contributed by atoms with E-state index in [0.29, 0.717) is 6.07 Å². The Balaban J connectivity index is 2.91. The van der Waals surface area contributed by atoms with E-state index in [2.05, 4.69) is 5.10 Å². The van der Waals surface area contributed by atoms with Crippen LogP contribution in [0.3, 0.4) is 0 Å². The Morgan fingerprint density at radius 2 is 2.06 bits per heavy atom. The zero-order valence-corrected chi connectivity index (χ0v) is 8.35. The number of hydrogen-bond acceptors (Lipinski definition) is 2. The summed E-state index contributed by atoms with van der Waals surface area (Å²) < 4.78 is 49.8. The zero-order chi connectivity index (χ0) is 13.1. The topological polar surface area (TPSA) is 74.3 Å². The van der Waals surface area contributed by atoms with E-state index in [9.17, 15) is 17.6 Å². The Morgan fingerprint density at radius 1 is 1.41 bits per heavy atom. The zero-order valence-electron chi connectivity index (χ0n) is 8.35. The summed E-state index contributed by atoms with van der Waals surface area (Å²) >= 11 is 0. The average molecular weight is 248 g/mol. The summed E-state index contributed by atoms with van der Waals surface area (Å²) in [5, 5.41) is 10.1. The molecular weight excluding hydrogens is 240 g/mol. The molecule has 1 aromatic rings. The molecule has 0 aliphatic rings. The SMILES string of the molecule is N=C(N)NN=Cc1ccc(C(F)(F)F)cc1F. The third kappa shape index (κ3) is 3.74. The molecule has 0 aromatic heterocycles. The predicted molar refractivity (Wildman–Crippen MR) is 54.0 cm³/mol. The highest BCUT2D eigenvalue weighted by molar-refractivity contribution is 5.82. The van der Waals surface area contributed by atoms with Crippen LogP contribution in [0.1, 0.15) is 11.1 Å². The van der Waals surface area contributed by atoms with Gasteiger partial charge >= 0.3 is 6.18 Å². The van der Waals surface area contributed by atoms with E-state index in [0.717, 1.165) is 18.3 Å². The van der Waals surface area contributed by atoms with E-state index in [1.807, 2.05) is 5.43 Å². The van der Waals surface area contributed by atoms with Gasteiger partial charge in [-0.2, -0.15) is 18.3 Å². The molecule has 1 aromatic carbocycles. The number of alkyl halides is 3. The summed E-state index contributed by atoms with van der Waals surface area (Å²) in [4.78, 5) is 0. The number of nitrogens with one attached hydrogen (secondary N) is 2. The lowest BCUT2D eigenvalue weighted by Crippen LogP contribution is -2.25. The summed E-state index contributed by atoms with van der Waals surface area (Å²) in [5.41, 5.74) is 5.68. The van der Waals surface area contributed by atoms with E-state index < -0.39 is 23.5 Å². The van der Waals surface area contributed by atoms with Crippen LogP contribution in [0.4, 0.5) is 17.6 Å². The third-order valence-electron chi connectivity index (χ3n) is 1.72. The second kappa shape index (κ2) is 4.81. The second-order valence-corrected chi connectivity index (χ2v) is 3.02. The molecule has 0 aliphatic heterocycles. The number of hydrogen-bond donors (Lipinski definition) is 3. The Hall–Kier alpha value is -2.12. The first-order valence-corrected chi connectivity index (χ1v) is 4.30. The van der Waals surface area contributed by atoms with Gasteiger partial charge in [-0.05, 0) is 18.2 Å². The van der Waals surface area contributed by atoms with Crippen LogP contribution in [0.2, 0.25) is 0 Å². The van der Waals surface area contributed by atoms with Gasteiger partial charge in [0, 0.05) is 5.56 Å². The van der Waals surface area contributed by atoms with Crippen molar-refractivity contribution < 1.29 is 17.6 Å². The molecule has 0 radical (unpaired) electrons. The van der Waals surface area contributed by atoms with Gasteiger partial charge in [0.25, 0.3) is 0 Å². The molecule has 4 N–H and O–H groups in total. The molecule has 0 unspecified atom stereocenters. The maximum absolute atomic E-state index is 13.2. The second-order valence-electron chi connectivity index (χ2n) is 3.02. The molecule has 0 bridgehead atoms. The summed E-state index contributed by atoms with van der Waals surface area (Å²) in [6.07, 6.45) is -3.66. The number of nitrogens with two attached hydrogens (primary N) is 1. The van der Waals surface area contributed by atoms with Crippen molar-refractivity contribution in [2.75, 3.05) is 0 Å². The van der Waals surface area contributed by atoms with Crippen LogP contribution in [0.25, 0.3) is 0 Å². The fourth-order valence-electron chi connectivity index (χ4n) is 0.980. The number of nitrogens with zero attached hydrogens (tertiary/aromatic N) is 1.